The lowest BCUT2D eigenvalue weighted by molar-refractivity contribution is 0.281. The summed E-state index contributed by atoms with van der Waals surface area (Å²) in [5.74, 6) is 0. The van der Waals surface area contributed by atoms with Crippen molar-refractivity contribution in [2.75, 3.05) is 11.0 Å². The van der Waals surface area contributed by atoms with Crippen molar-refractivity contribution in [2.24, 2.45) is 0 Å². The van der Waals surface area contributed by atoms with Crippen LogP contribution in [-0.4, -0.2) is 19.8 Å². The van der Waals surface area contributed by atoms with Gasteiger partial charge in [-0.15, -0.1) is 11.8 Å². The van der Waals surface area contributed by atoms with Gasteiger partial charge in [0.05, 0.1) is 11.5 Å². The third-order valence-corrected chi connectivity index (χ3v) is 5.29. The van der Waals surface area contributed by atoms with Gasteiger partial charge in [-0.2, -0.15) is 0 Å². The number of hydrogen-bond acceptors (Lipinski definition) is 4. The lowest BCUT2D eigenvalue weighted by Gasteiger charge is -2.10. The van der Waals surface area contributed by atoms with Crippen LogP contribution in [0.3, 0.4) is 0 Å². The van der Waals surface area contributed by atoms with Gasteiger partial charge >= 0.3 is 0 Å². The molecule has 2 aromatic rings. The average Bonchev–Trinajstić information content (AvgIpc) is 2.47. The van der Waals surface area contributed by atoms with Gasteiger partial charge in [0.15, 0.2) is 0 Å². The third-order valence-electron chi connectivity index (χ3n) is 2.82. The third kappa shape index (κ3) is 3.91. The Morgan fingerprint density at radius 2 is 2.00 bits per heavy atom. The zero-order valence-corrected chi connectivity index (χ0v) is 13.6. The number of anilines is 1. The van der Waals surface area contributed by atoms with E-state index in [0.29, 0.717) is 16.3 Å². The molecule has 0 aliphatic rings. The quantitative estimate of drug-likeness (QED) is 0.817. The Balaban J connectivity index is 2.33. The number of hydrogen-bond donors (Lipinski definition) is 2. The summed E-state index contributed by atoms with van der Waals surface area (Å²) in [5, 5.41) is 9.50. The Morgan fingerprint density at radius 3 is 2.67 bits per heavy atom. The number of rotatable bonds is 5. The molecule has 0 bridgehead atoms. The predicted molar refractivity (Wildman–Crippen MR) is 86.4 cm³/mol. The zero-order valence-electron chi connectivity index (χ0n) is 11.2. The van der Waals surface area contributed by atoms with Crippen molar-refractivity contribution in [3.05, 3.63) is 53.1 Å². The highest BCUT2D eigenvalue weighted by atomic mass is 35.5. The van der Waals surface area contributed by atoms with E-state index in [1.54, 1.807) is 18.2 Å². The van der Waals surface area contributed by atoms with E-state index in [1.165, 1.54) is 30.0 Å². The minimum atomic E-state index is -3.72. The van der Waals surface area contributed by atoms with E-state index >= 15 is 0 Å². The molecule has 0 saturated heterocycles. The monoisotopic (exact) mass is 343 g/mol. The molecule has 2 N–H and O–H groups in total. The smallest absolute Gasteiger partial charge is 0.261 e. The molecule has 0 atom stereocenters. The number of thioether (sulfide) groups is 1. The minimum Gasteiger partial charge on any atom is -0.392 e. The fourth-order valence-electron chi connectivity index (χ4n) is 1.74. The maximum Gasteiger partial charge on any atom is 0.261 e. The fourth-order valence-corrected chi connectivity index (χ4v) is 3.48. The summed E-state index contributed by atoms with van der Waals surface area (Å²) in [5.41, 5.74) is 0.861. The highest BCUT2D eigenvalue weighted by Gasteiger charge is 2.16. The molecule has 21 heavy (non-hydrogen) atoms. The number of aliphatic hydroxyl groups excluding tert-OH is 1. The molecule has 0 heterocycles. The van der Waals surface area contributed by atoms with Gasteiger partial charge in [-0.1, -0.05) is 17.7 Å². The van der Waals surface area contributed by atoms with E-state index in [2.05, 4.69) is 4.72 Å². The van der Waals surface area contributed by atoms with Crippen LogP contribution in [0, 0.1) is 0 Å². The summed E-state index contributed by atoms with van der Waals surface area (Å²) in [6, 6.07) is 11.3. The molecule has 0 aliphatic heterocycles. The second-order valence-electron chi connectivity index (χ2n) is 4.25. The first-order valence-corrected chi connectivity index (χ1v) is 9.11. The van der Waals surface area contributed by atoms with Crippen molar-refractivity contribution in [1.82, 2.24) is 0 Å². The van der Waals surface area contributed by atoms with Gasteiger partial charge in [-0.05, 0) is 48.2 Å². The number of benzene rings is 2. The van der Waals surface area contributed by atoms with Crippen molar-refractivity contribution in [2.45, 2.75) is 16.4 Å². The van der Waals surface area contributed by atoms with Crippen molar-refractivity contribution < 1.29 is 13.5 Å². The molecule has 0 unspecified atom stereocenters. The maximum absolute atomic E-state index is 12.3. The van der Waals surface area contributed by atoms with E-state index in [1.807, 2.05) is 12.3 Å². The second kappa shape index (κ2) is 6.70. The summed E-state index contributed by atoms with van der Waals surface area (Å²) >= 11 is 7.40. The number of aliphatic hydroxyl groups is 1. The Hall–Kier alpha value is -1.21. The summed E-state index contributed by atoms with van der Waals surface area (Å²) in [4.78, 5) is 1.02. The van der Waals surface area contributed by atoms with E-state index in [9.17, 15) is 8.42 Å². The second-order valence-corrected chi connectivity index (χ2v) is 7.22. The van der Waals surface area contributed by atoms with Crippen molar-refractivity contribution in [3.63, 3.8) is 0 Å². The van der Waals surface area contributed by atoms with Gasteiger partial charge in [0, 0.05) is 15.6 Å². The molecule has 4 nitrogen and oxygen atoms in total. The Bertz CT molecular complexity index is 748. The molecule has 112 valence electrons. The van der Waals surface area contributed by atoms with E-state index in [-0.39, 0.29) is 11.5 Å². The molecule has 0 saturated carbocycles. The van der Waals surface area contributed by atoms with Crippen molar-refractivity contribution >= 4 is 39.1 Å². The Morgan fingerprint density at radius 1 is 1.24 bits per heavy atom. The lowest BCUT2D eigenvalue weighted by Crippen LogP contribution is -2.13. The van der Waals surface area contributed by atoms with Crippen molar-refractivity contribution in [1.29, 1.82) is 0 Å². The number of halogens is 1. The molecule has 2 rings (SSSR count). The van der Waals surface area contributed by atoms with E-state index in [0.717, 1.165) is 4.90 Å². The van der Waals surface area contributed by atoms with Gasteiger partial charge in [-0.3, -0.25) is 4.72 Å². The van der Waals surface area contributed by atoms with E-state index < -0.39 is 10.0 Å². The van der Waals surface area contributed by atoms with Crippen LogP contribution in [0.25, 0.3) is 0 Å². The predicted octanol–water partition coefficient (Wildman–Crippen LogP) is 3.36. The maximum atomic E-state index is 12.3. The molecule has 0 fully saturated rings. The van der Waals surface area contributed by atoms with Crippen LogP contribution >= 0.6 is 23.4 Å². The summed E-state index contributed by atoms with van der Waals surface area (Å²) in [7, 11) is -3.72. The molecular weight excluding hydrogens is 330 g/mol. The zero-order chi connectivity index (χ0) is 15.5. The van der Waals surface area contributed by atoms with Gasteiger partial charge in [-0.25, -0.2) is 8.42 Å². The van der Waals surface area contributed by atoms with Gasteiger partial charge in [0.25, 0.3) is 10.0 Å². The highest BCUT2D eigenvalue weighted by molar-refractivity contribution is 7.98. The Kier molecular flexibility index (Phi) is 5.16. The summed E-state index contributed by atoms with van der Waals surface area (Å²) in [6.45, 7) is -0.315. The SMILES string of the molecule is CSc1cccc(NS(=O)(=O)c2ccc(Cl)c(CO)c2)c1. The first-order valence-electron chi connectivity index (χ1n) is 6.02. The number of nitrogens with one attached hydrogen (secondary N) is 1. The van der Waals surface area contributed by atoms with Gasteiger partial charge in [0.1, 0.15) is 0 Å². The standard InChI is InChI=1S/C14H14ClNO3S2/c1-20-12-4-2-3-11(8-12)16-21(18,19)13-5-6-14(15)10(7-13)9-17/h2-8,16-17H,9H2,1H3. The molecule has 0 spiro atoms. The van der Waals surface area contributed by atoms with Crippen LogP contribution in [0.2, 0.25) is 5.02 Å². The molecule has 7 heteroatoms. The van der Waals surface area contributed by atoms with Crippen LogP contribution in [0.15, 0.2) is 52.3 Å². The van der Waals surface area contributed by atoms with Gasteiger partial charge in [0.2, 0.25) is 0 Å². The van der Waals surface area contributed by atoms with Gasteiger partial charge < -0.3 is 5.11 Å². The first kappa shape index (κ1) is 16.2. The highest BCUT2D eigenvalue weighted by Crippen LogP contribution is 2.24. The molecule has 0 aliphatic carbocycles. The van der Waals surface area contributed by atoms with Crippen LogP contribution in [0.4, 0.5) is 5.69 Å². The Labute approximate surface area is 133 Å². The summed E-state index contributed by atoms with van der Waals surface area (Å²) in [6.07, 6.45) is 1.92. The van der Waals surface area contributed by atoms with Crippen LogP contribution in [0.1, 0.15) is 5.56 Å². The molecule has 0 aromatic heterocycles. The largest absolute Gasteiger partial charge is 0.392 e. The average molecular weight is 344 g/mol. The van der Waals surface area contributed by atoms with E-state index in [4.69, 9.17) is 16.7 Å². The lowest BCUT2D eigenvalue weighted by atomic mass is 10.2. The molecule has 2 aromatic carbocycles. The van der Waals surface area contributed by atoms with Crippen LogP contribution in [0.5, 0.6) is 0 Å². The first-order chi connectivity index (χ1) is 9.96. The fraction of sp³-hybridized carbons (Fsp3) is 0.143. The molecule has 0 radical (unpaired) electrons. The normalized spacial score (nSPS) is 11.4. The van der Waals surface area contributed by atoms with Crippen LogP contribution in [-0.2, 0) is 16.6 Å². The number of sulfonamides is 1. The molecule has 0 amide bonds. The molecular formula is C14H14ClNO3S2. The van der Waals surface area contributed by atoms with Crippen LogP contribution < -0.4 is 4.72 Å². The van der Waals surface area contributed by atoms with Crippen molar-refractivity contribution in [3.8, 4) is 0 Å². The topological polar surface area (TPSA) is 66.4 Å². The summed E-state index contributed by atoms with van der Waals surface area (Å²) < 4.78 is 27.2. The minimum absolute atomic E-state index is 0.0607.